The summed E-state index contributed by atoms with van der Waals surface area (Å²) in [6.45, 7) is 6.68. The van der Waals surface area contributed by atoms with Gasteiger partial charge in [0.1, 0.15) is 5.75 Å². The molecule has 1 N–H and O–H groups in total. The first-order valence-electron chi connectivity index (χ1n) is 9.48. The number of hydrogen-bond donors (Lipinski definition) is 1. The van der Waals surface area contributed by atoms with Crippen molar-refractivity contribution in [1.82, 2.24) is 5.32 Å². The molecule has 0 fully saturated rings. The standard InChI is InChI=1S/C21H29NO3/c1-4-5-6-7-10-13-24-20(23)19-15(2)22-21(3)14-17(19)16-11-8-9-12-18(16)25-21/h8-9,11-12,17,22H,4-7,10,13-14H2,1-3H3/t17-,21-/m0/s1. The number of esters is 1. The molecule has 25 heavy (non-hydrogen) atoms. The van der Waals surface area contributed by atoms with E-state index in [0.29, 0.717) is 6.61 Å². The Morgan fingerprint density at radius 3 is 2.84 bits per heavy atom. The Balaban J connectivity index is 1.71. The number of allylic oxidation sites excluding steroid dienone is 1. The average Bonchev–Trinajstić information content (AvgIpc) is 2.57. The van der Waals surface area contributed by atoms with E-state index in [1.165, 1.54) is 19.3 Å². The maximum absolute atomic E-state index is 12.8. The topological polar surface area (TPSA) is 47.6 Å². The first kappa shape index (κ1) is 17.8. The molecule has 2 heterocycles. The highest BCUT2D eigenvalue weighted by Crippen LogP contribution is 2.47. The van der Waals surface area contributed by atoms with E-state index >= 15 is 0 Å². The highest BCUT2D eigenvalue weighted by molar-refractivity contribution is 5.91. The molecule has 0 aromatic heterocycles. The maximum Gasteiger partial charge on any atom is 0.336 e. The van der Waals surface area contributed by atoms with Crippen molar-refractivity contribution in [2.45, 2.75) is 70.9 Å². The van der Waals surface area contributed by atoms with Crippen LogP contribution < -0.4 is 10.1 Å². The van der Waals surface area contributed by atoms with Gasteiger partial charge in [0, 0.05) is 23.6 Å². The number of ether oxygens (including phenoxy) is 2. The highest BCUT2D eigenvalue weighted by atomic mass is 16.5. The maximum atomic E-state index is 12.8. The number of rotatable bonds is 7. The summed E-state index contributed by atoms with van der Waals surface area (Å²) < 4.78 is 11.7. The second kappa shape index (κ2) is 7.51. The summed E-state index contributed by atoms with van der Waals surface area (Å²) >= 11 is 0. The first-order chi connectivity index (χ1) is 12.0. The van der Waals surface area contributed by atoms with Gasteiger partial charge in [-0.3, -0.25) is 0 Å². The smallest absolute Gasteiger partial charge is 0.336 e. The number of carbonyl (C=O) groups excluding carboxylic acids is 1. The van der Waals surface area contributed by atoms with Crippen LogP contribution in [-0.4, -0.2) is 18.3 Å². The predicted octanol–water partition coefficient (Wildman–Crippen LogP) is 4.66. The summed E-state index contributed by atoms with van der Waals surface area (Å²) in [5.74, 6) is 0.694. The minimum absolute atomic E-state index is 0.0313. The summed E-state index contributed by atoms with van der Waals surface area (Å²) in [7, 11) is 0. The minimum Gasteiger partial charge on any atom is -0.468 e. The number of nitrogens with one attached hydrogen (secondary N) is 1. The Morgan fingerprint density at radius 2 is 2.04 bits per heavy atom. The van der Waals surface area contributed by atoms with Gasteiger partial charge in [0.15, 0.2) is 5.72 Å². The number of para-hydroxylation sites is 1. The van der Waals surface area contributed by atoms with Crippen molar-refractivity contribution in [1.29, 1.82) is 0 Å². The lowest BCUT2D eigenvalue weighted by atomic mass is 9.78. The van der Waals surface area contributed by atoms with E-state index < -0.39 is 5.72 Å². The molecule has 4 heteroatoms. The molecular weight excluding hydrogens is 314 g/mol. The number of unbranched alkanes of at least 4 members (excludes halogenated alkanes) is 4. The normalized spacial score (nSPS) is 24.2. The quantitative estimate of drug-likeness (QED) is 0.578. The average molecular weight is 343 g/mol. The molecule has 3 rings (SSSR count). The van der Waals surface area contributed by atoms with Crippen LogP contribution in [0.2, 0.25) is 0 Å². The van der Waals surface area contributed by atoms with Crippen molar-refractivity contribution in [2.75, 3.05) is 6.61 Å². The number of fused-ring (bicyclic) bond motifs is 4. The molecule has 2 aliphatic rings. The van der Waals surface area contributed by atoms with Gasteiger partial charge in [0.2, 0.25) is 0 Å². The molecule has 4 nitrogen and oxygen atoms in total. The molecule has 0 saturated carbocycles. The van der Waals surface area contributed by atoms with Crippen molar-refractivity contribution in [2.24, 2.45) is 0 Å². The van der Waals surface area contributed by atoms with E-state index in [9.17, 15) is 4.79 Å². The van der Waals surface area contributed by atoms with Gasteiger partial charge in [0.25, 0.3) is 0 Å². The van der Waals surface area contributed by atoms with Crippen molar-refractivity contribution in [3.05, 3.63) is 41.1 Å². The molecule has 0 unspecified atom stereocenters. The zero-order chi connectivity index (χ0) is 17.9. The van der Waals surface area contributed by atoms with Crippen LogP contribution in [0.25, 0.3) is 0 Å². The van der Waals surface area contributed by atoms with Gasteiger partial charge in [0.05, 0.1) is 12.2 Å². The largest absolute Gasteiger partial charge is 0.468 e. The Hall–Kier alpha value is -1.97. The first-order valence-corrected chi connectivity index (χ1v) is 9.48. The predicted molar refractivity (Wildman–Crippen MR) is 98.4 cm³/mol. The van der Waals surface area contributed by atoms with Gasteiger partial charge in [-0.1, -0.05) is 50.8 Å². The van der Waals surface area contributed by atoms with Gasteiger partial charge in [-0.15, -0.1) is 0 Å². The van der Waals surface area contributed by atoms with Crippen LogP contribution >= 0.6 is 0 Å². The van der Waals surface area contributed by atoms with Crippen LogP contribution in [0, 0.1) is 0 Å². The van der Waals surface area contributed by atoms with Crippen molar-refractivity contribution in [3.63, 3.8) is 0 Å². The van der Waals surface area contributed by atoms with Crippen LogP contribution in [0.3, 0.4) is 0 Å². The molecule has 136 valence electrons. The van der Waals surface area contributed by atoms with E-state index in [4.69, 9.17) is 9.47 Å². The van der Waals surface area contributed by atoms with Crippen LogP contribution in [0.4, 0.5) is 0 Å². The van der Waals surface area contributed by atoms with Crippen LogP contribution in [0.1, 0.15) is 70.8 Å². The lowest BCUT2D eigenvalue weighted by molar-refractivity contribution is -0.140. The summed E-state index contributed by atoms with van der Waals surface area (Å²) in [4.78, 5) is 12.8. The zero-order valence-corrected chi connectivity index (χ0v) is 15.6. The lowest BCUT2D eigenvalue weighted by Gasteiger charge is -2.45. The van der Waals surface area contributed by atoms with Crippen LogP contribution in [0.5, 0.6) is 5.75 Å². The number of benzene rings is 1. The zero-order valence-electron chi connectivity index (χ0n) is 15.6. The molecule has 0 aliphatic carbocycles. The fourth-order valence-corrected chi connectivity index (χ4v) is 3.95. The second-order valence-electron chi connectivity index (χ2n) is 7.34. The Bertz CT molecular complexity index is 667. The van der Waals surface area contributed by atoms with Gasteiger partial charge >= 0.3 is 5.97 Å². The van der Waals surface area contributed by atoms with Crippen molar-refractivity contribution in [3.8, 4) is 5.75 Å². The lowest BCUT2D eigenvalue weighted by Crippen LogP contribution is -2.54. The van der Waals surface area contributed by atoms with Crippen LogP contribution in [-0.2, 0) is 9.53 Å². The van der Waals surface area contributed by atoms with Gasteiger partial charge in [-0.05, 0) is 26.3 Å². The fraction of sp³-hybridized carbons (Fsp3) is 0.571. The third-order valence-electron chi connectivity index (χ3n) is 5.13. The summed E-state index contributed by atoms with van der Waals surface area (Å²) in [5, 5.41) is 3.37. The number of carbonyl (C=O) groups is 1. The minimum atomic E-state index is -0.465. The van der Waals surface area contributed by atoms with Crippen molar-refractivity contribution < 1.29 is 14.3 Å². The monoisotopic (exact) mass is 343 g/mol. The molecule has 0 saturated heterocycles. The molecule has 2 atom stereocenters. The Morgan fingerprint density at radius 1 is 1.28 bits per heavy atom. The SMILES string of the molecule is CCCCCCCOC(=O)C1=C(C)N[C@]2(C)C[C@H]1c1ccccc1O2. The van der Waals surface area contributed by atoms with Gasteiger partial charge in [-0.2, -0.15) is 0 Å². The third kappa shape index (κ3) is 3.83. The van der Waals surface area contributed by atoms with E-state index in [1.807, 2.05) is 32.0 Å². The molecule has 2 bridgehead atoms. The molecular formula is C21H29NO3. The number of hydrogen-bond acceptors (Lipinski definition) is 4. The van der Waals surface area contributed by atoms with Crippen molar-refractivity contribution >= 4 is 5.97 Å². The van der Waals surface area contributed by atoms with E-state index in [1.54, 1.807) is 0 Å². The Labute approximate surface area is 150 Å². The molecule has 1 aromatic rings. The van der Waals surface area contributed by atoms with E-state index in [0.717, 1.165) is 41.8 Å². The second-order valence-corrected chi connectivity index (χ2v) is 7.34. The molecule has 2 aliphatic heterocycles. The summed E-state index contributed by atoms with van der Waals surface area (Å²) in [6, 6.07) is 7.99. The van der Waals surface area contributed by atoms with E-state index in [-0.39, 0.29) is 11.9 Å². The summed E-state index contributed by atoms with van der Waals surface area (Å²) in [6.07, 6.45) is 6.48. The van der Waals surface area contributed by atoms with Crippen LogP contribution in [0.15, 0.2) is 35.5 Å². The third-order valence-corrected chi connectivity index (χ3v) is 5.13. The fourth-order valence-electron chi connectivity index (χ4n) is 3.95. The van der Waals surface area contributed by atoms with Gasteiger partial charge in [-0.25, -0.2) is 4.79 Å². The molecule has 1 aromatic carbocycles. The summed E-state index contributed by atoms with van der Waals surface area (Å²) in [5.41, 5.74) is 2.23. The molecule has 0 amide bonds. The molecule has 0 spiro atoms. The van der Waals surface area contributed by atoms with E-state index in [2.05, 4.69) is 18.3 Å². The highest BCUT2D eigenvalue weighted by Gasteiger charge is 2.45. The Kier molecular flexibility index (Phi) is 5.36. The molecule has 0 radical (unpaired) electrons. The van der Waals surface area contributed by atoms with Gasteiger partial charge < -0.3 is 14.8 Å².